The molecule has 0 aromatic carbocycles. The number of rotatable bonds is 5. The number of hydrogen-bond acceptors (Lipinski definition) is 2. The summed E-state index contributed by atoms with van der Waals surface area (Å²) in [5, 5.41) is 11.7. The van der Waals surface area contributed by atoms with Gasteiger partial charge in [0.05, 0.1) is 5.92 Å². The van der Waals surface area contributed by atoms with E-state index in [1.807, 2.05) is 6.92 Å². The number of carboxylic acids is 1. The molecule has 4 heteroatoms. The molecule has 0 amide bonds. The SMILES string of the molecule is C=C(Br)CNC(C)C(C)C(=O)O. The minimum atomic E-state index is -0.782. The maximum absolute atomic E-state index is 10.5. The summed E-state index contributed by atoms with van der Waals surface area (Å²) in [6.45, 7) is 7.75. The number of hydrogen-bond donors (Lipinski definition) is 2. The van der Waals surface area contributed by atoms with Crippen molar-refractivity contribution in [3.8, 4) is 0 Å². The van der Waals surface area contributed by atoms with Crippen molar-refractivity contribution >= 4 is 21.9 Å². The second kappa shape index (κ2) is 5.32. The van der Waals surface area contributed by atoms with Gasteiger partial charge in [-0.05, 0) is 6.92 Å². The lowest BCUT2D eigenvalue weighted by Crippen LogP contribution is -2.36. The van der Waals surface area contributed by atoms with Gasteiger partial charge < -0.3 is 10.4 Å². The number of carbonyl (C=O) groups is 1. The molecule has 0 aliphatic rings. The van der Waals surface area contributed by atoms with Gasteiger partial charge in [0.25, 0.3) is 0 Å². The first kappa shape index (κ1) is 11.6. The van der Waals surface area contributed by atoms with E-state index in [1.165, 1.54) is 0 Å². The van der Waals surface area contributed by atoms with Crippen molar-refractivity contribution < 1.29 is 9.90 Å². The smallest absolute Gasteiger partial charge is 0.307 e. The van der Waals surface area contributed by atoms with E-state index in [9.17, 15) is 4.79 Å². The lowest BCUT2D eigenvalue weighted by atomic mass is 10.0. The monoisotopic (exact) mass is 235 g/mol. The minimum absolute atomic E-state index is 0.0446. The zero-order valence-corrected chi connectivity index (χ0v) is 8.89. The molecular weight excluding hydrogens is 222 g/mol. The molecule has 2 N–H and O–H groups in total. The Kier molecular flexibility index (Phi) is 5.17. The van der Waals surface area contributed by atoms with Crippen molar-refractivity contribution in [2.75, 3.05) is 6.54 Å². The topological polar surface area (TPSA) is 49.3 Å². The summed E-state index contributed by atoms with van der Waals surface area (Å²) in [5.74, 6) is -1.16. The van der Waals surface area contributed by atoms with Gasteiger partial charge in [-0.25, -0.2) is 0 Å². The summed E-state index contributed by atoms with van der Waals surface area (Å²) in [6.07, 6.45) is 0. The quantitative estimate of drug-likeness (QED) is 0.762. The molecular formula is C8H14BrNO2. The van der Waals surface area contributed by atoms with Crippen LogP contribution in [-0.4, -0.2) is 23.7 Å². The van der Waals surface area contributed by atoms with Gasteiger partial charge in [0.15, 0.2) is 0 Å². The van der Waals surface area contributed by atoms with Crippen molar-refractivity contribution in [2.45, 2.75) is 19.9 Å². The van der Waals surface area contributed by atoms with Gasteiger partial charge in [-0.3, -0.25) is 4.79 Å². The Balaban J connectivity index is 3.79. The van der Waals surface area contributed by atoms with Crippen LogP contribution >= 0.6 is 15.9 Å². The van der Waals surface area contributed by atoms with Crippen LogP contribution < -0.4 is 5.32 Å². The first-order valence-corrected chi connectivity index (χ1v) is 4.54. The number of nitrogens with one attached hydrogen (secondary N) is 1. The van der Waals surface area contributed by atoms with Gasteiger partial charge in [0, 0.05) is 17.1 Å². The molecule has 0 aliphatic heterocycles. The molecule has 0 spiro atoms. The van der Waals surface area contributed by atoms with Gasteiger partial charge in [-0.1, -0.05) is 29.4 Å². The normalized spacial score (nSPS) is 15.2. The molecule has 0 radical (unpaired) electrons. The summed E-state index contributed by atoms with van der Waals surface area (Å²) < 4.78 is 0.826. The van der Waals surface area contributed by atoms with E-state index in [1.54, 1.807) is 6.92 Å². The molecule has 70 valence electrons. The molecule has 0 bridgehead atoms. The molecule has 0 aromatic rings. The molecule has 0 heterocycles. The van der Waals surface area contributed by atoms with E-state index >= 15 is 0 Å². The second-order valence-electron chi connectivity index (χ2n) is 2.81. The zero-order chi connectivity index (χ0) is 9.72. The highest BCUT2D eigenvalue weighted by atomic mass is 79.9. The molecule has 12 heavy (non-hydrogen) atoms. The lowest BCUT2D eigenvalue weighted by molar-refractivity contribution is -0.141. The van der Waals surface area contributed by atoms with E-state index in [-0.39, 0.29) is 12.0 Å². The Morgan fingerprint density at radius 3 is 2.50 bits per heavy atom. The van der Waals surface area contributed by atoms with Crippen LogP contribution in [0.1, 0.15) is 13.8 Å². The fraction of sp³-hybridized carbons (Fsp3) is 0.625. The fourth-order valence-electron chi connectivity index (χ4n) is 0.662. The molecule has 0 fully saturated rings. The highest BCUT2D eigenvalue weighted by molar-refractivity contribution is 9.11. The highest BCUT2D eigenvalue weighted by Gasteiger charge is 2.18. The van der Waals surface area contributed by atoms with Gasteiger partial charge in [-0.2, -0.15) is 0 Å². The minimum Gasteiger partial charge on any atom is -0.481 e. The summed E-state index contributed by atoms with van der Waals surface area (Å²) in [4.78, 5) is 10.5. The Hall–Kier alpha value is -0.350. The van der Waals surface area contributed by atoms with E-state index < -0.39 is 5.97 Å². The van der Waals surface area contributed by atoms with E-state index in [4.69, 9.17) is 5.11 Å². The standard InChI is InChI=1S/C8H14BrNO2/c1-5(9)4-10-7(3)6(2)8(11)12/h6-7,10H,1,4H2,2-3H3,(H,11,12). The number of carboxylic acid groups (broad SMARTS) is 1. The molecule has 0 aliphatic carbocycles. The molecule has 0 rings (SSSR count). The van der Waals surface area contributed by atoms with Crippen LogP contribution in [0.4, 0.5) is 0 Å². The zero-order valence-electron chi connectivity index (χ0n) is 7.30. The summed E-state index contributed by atoms with van der Waals surface area (Å²) >= 11 is 3.18. The summed E-state index contributed by atoms with van der Waals surface area (Å²) in [7, 11) is 0. The van der Waals surface area contributed by atoms with Crippen LogP contribution in [-0.2, 0) is 4.79 Å². The summed E-state index contributed by atoms with van der Waals surface area (Å²) in [6, 6.07) is -0.0446. The Bertz CT molecular complexity index is 182. The van der Waals surface area contributed by atoms with Crippen LogP contribution in [0.25, 0.3) is 0 Å². The largest absolute Gasteiger partial charge is 0.481 e. The highest BCUT2D eigenvalue weighted by Crippen LogP contribution is 2.04. The van der Waals surface area contributed by atoms with Crippen LogP contribution in [0.15, 0.2) is 11.1 Å². The van der Waals surface area contributed by atoms with Gasteiger partial charge in [0.1, 0.15) is 0 Å². The number of halogens is 1. The van der Waals surface area contributed by atoms with Crippen LogP contribution in [0.5, 0.6) is 0 Å². The van der Waals surface area contributed by atoms with Crippen LogP contribution in [0.2, 0.25) is 0 Å². The molecule has 2 unspecified atom stereocenters. The Morgan fingerprint density at radius 1 is 1.67 bits per heavy atom. The first-order chi connectivity index (χ1) is 5.45. The molecule has 0 saturated heterocycles. The maximum atomic E-state index is 10.5. The van der Waals surface area contributed by atoms with Crippen LogP contribution in [0.3, 0.4) is 0 Å². The van der Waals surface area contributed by atoms with Crippen molar-refractivity contribution in [3.63, 3.8) is 0 Å². The molecule has 0 saturated carbocycles. The lowest BCUT2D eigenvalue weighted by Gasteiger charge is -2.17. The maximum Gasteiger partial charge on any atom is 0.307 e. The predicted molar refractivity (Wildman–Crippen MR) is 52.3 cm³/mol. The van der Waals surface area contributed by atoms with E-state index in [2.05, 4.69) is 27.8 Å². The van der Waals surface area contributed by atoms with E-state index in [0.717, 1.165) is 4.48 Å². The third-order valence-electron chi connectivity index (χ3n) is 1.76. The van der Waals surface area contributed by atoms with Crippen molar-refractivity contribution in [3.05, 3.63) is 11.1 Å². The molecule has 0 aromatic heterocycles. The van der Waals surface area contributed by atoms with Gasteiger partial charge >= 0.3 is 5.97 Å². The second-order valence-corrected chi connectivity index (χ2v) is 3.94. The Morgan fingerprint density at radius 2 is 2.17 bits per heavy atom. The third kappa shape index (κ3) is 4.51. The van der Waals surface area contributed by atoms with Crippen LogP contribution in [0, 0.1) is 5.92 Å². The first-order valence-electron chi connectivity index (χ1n) is 3.74. The van der Waals surface area contributed by atoms with Crippen molar-refractivity contribution in [2.24, 2.45) is 5.92 Å². The molecule has 2 atom stereocenters. The van der Waals surface area contributed by atoms with Crippen molar-refractivity contribution in [1.82, 2.24) is 5.32 Å². The fourth-order valence-corrected chi connectivity index (χ4v) is 0.824. The Labute approximate surface area is 81.0 Å². The van der Waals surface area contributed by atoms with Gasteiger partial charge in [-0.15, -0.1) is 0 Å². The van der Waals surface area contributed by atoms with Gasteiger partial charge in [0.2, 0.25) is 0 Å². The predicted octanol–water partition coefficient (Wildman–Crippen LogP) is 1.59. The number of aliphatic carboxylic acids is 1. The average molecular weight is 236 g/mol. The van der Waals surface area contributed by atoms with E-state index in [0.29, 0.717) is 6.54 Å². The third-order valence-corrected chi connectivity index (χ3v) is 2.04. The summed E-state index contributed by atoms with van der Waals surface area (Å²) in [5.41, 5.74) is 0. The van der Waals surface area contributed by atoms with Crippen molar-refractivity contribution in [1.29, 1.82) is 0 Å². The average Bonchev–Trinajstić information content (AvgIpc) is 1.98. The molecule has 3 nitrogen and oxygen atoms in total.